The fourth-order valence-corrected chi connectivity index (χ4v) is 4.40. The third kappa shape index (κ3) is 5.83. The maximum atomic E-state index is 12.5. The summed E-state index contributed by atoms with van der Waals surface area (Å²) in [5.41, 5.74) is 1.29. The summed E-state index contributed by atoms with van der Waals surface area (Å²) in [4.78, 5) is 12.6. The van der Waals surface area contributed by atoms with Gasteiger partial charge in [-0.2, -0.15) is 0 Å². The summed E-state index contributed by atoms with van der Waals surface area (Å²) < 4.78 is 67.9. The SMILES string of the molecule is O=S(=O)(Nc1cnc(N2CCN(c3ccccc3)CC2)nc1)c1ccc(OC(F)(F)F)cc1. The maximum Gasteiger partial charge on any atom is 0.573 e. The molecule has 1 aliphatic heterocycles. The van der Waals surface area contributed by atoms with E-state index in [0.29, 0.717) is 19.0 Å². The second kappa shape index (κ2) is 9.14. The number of nitrogens with zero attached hydrogens (tertiary/aromatic N) is 4. The summed E-state index contributed by atoms with van der Waals surface area (Å²) in [5, 5.41) is 0. The lowest BCUT2D eigenvalue weighted by Gasteiger charge is -2.36. The topological polar surface area (TPSA) is 87.7 Å². The molecule has 0 radical (unpaired) electrons. The zero-order valence-corrected chi connectivity index (χ0v) is 18.1. The molecule has 0 amide bonds. The fourth-order valence-electron chi connectivity index (χ4n) is 3.38. The number of benzene rings is 2. The van der Waals surface area contributed by atoms with Crippen molar-refractivity contribution in [3.63, 3.8) is 0 Å². The summed E-state index contributed by atoms with van der Waals surface area (Å²) >= 11 is 0. The lowest BCUT2D eigenvalue weighted by atomic mass is 10.2. The monoisotopic (exact) mass is 479 g/mol. The van der Waals surface area contributed by atoms with E-state index in [1.165, 1.54) is 12.4 Å². The molecule has 1 fully saturated rings. The van der Waals surface area contributed by atoms with Crippen molar-refractivity contribution in [1.29, 1.82) is 0 Å². The van der Waals surface area contributed by atoms with Crippen LogP contribution in [0.25, 0.3) is 0 Å². The molecule has 0 aliphatic carbocycles. The molecule has 0 bridgehead atoms. The van der Waals surface area contributed by atoms with Crippen LogP contribution in [0.5, 0.6) is 5.75 Å². The molecule has 0 atom stereocenters. The Morgan fingerprint density at radius 1 is 0.848 bits per heavy atom. The average molecular weight is 479 g/mol. The Morgan fingerprint density at radius 3 is 2.00 bits per heavy atom. The molecule has 0 saturated carbocycles. The number of piperazine rings is 1. The average Bonchev–Trinajstić information content (AvgIpc) is 2.79. The minimum absolute atomic E-state index is 0.136. The molecule has 2 aromatic carbocycles. The number of ether oxygens (including phenoxy) is 1. The summed E-state index contributed by atoms with van der Waals surface area (Å²) in [5.74, 6) is -0.0270. The molecule has 12 heteroatoms. The minimum atomic E-state index is -4.86. The van der Waals surface area contributed by atoms with Crippen LogP contribution < -0.4 is 19.3 Å². The number of alkyl halides is 3. The van der Waals surface area contributed by atoms with Crippen LogP contribution in [0.4, 0.5) is 30.5 Å². The molecule has 1 aromatic heterocycles. The number of rotatable bonds is 6. The van der Waals surface area contributed by atoms with Crippen molar-refractivity contribution in [3.8, 4) is 5.75 Å². The highest BCUT2D eigenvalue weighted by Crippen LogP contribution is 2.25. The molecule has 3 aromatic rings. The molecule has 4 rings (SSSR count). The van der Waals surface area contributed by atoms with Gasteiger partial charge in [0.05, 0.1) is 23.0 Å². The van der Waals surface area contributed by atoms with Crippen LogP contribution in [0.2, 0.25) is 0 Å². The van der Waals surface area contributed by atoms with Crippen molar-refractivity contribution >= 4 is 27.3 Å². The van der Waals surface area contributed by atoms with Crippen LogP contribution in [-0.4, -0.2) is 50.9 Å². The Balaban J connectivity index is 1.36. The molecule has 0 spiro atoms. The van der Waals surface area contributed by atoms with Crippen LogP contribution in [0.15, 0.2) is 71.9 Å². The van der Waals surface area contributed by atoms with Crippen molar-refractivity contribution < 1.29 is 26.3 Å². The number of hydrogen-bond acceptors (Lipinski definition) is 7. The predicted octanol–water partition coefficient (Wildman–Crippen LogP) is 3.50. The van der Waals surface area contributed by atoms with Gasteiger partial charge in [-0.1, -0.05) is 18.2 Å². The first-order chi connectivity index (χ1) is 15.7. The van der Waals surface area contributed by atoms with E-state index < -0.39 is 22.1 Å². The summed E-state index contributed by atoms with van der Waals surface area (Å²) in [7, 11) is -4.04. The number of halogens is 3. The van der Waals surface area contributed by atoms with Gasteiger partial charge in [-0.3, -0.25) is 4.72 Å². The van der Waals surface area contributed by atoms with Gasteiger partial charge >= 0.3 is 6.36 Å². The molecule has 174 valence electrons. The van der Waals surface area contributed by atoms with Crippen molar-refractivity contribution in [3.05, 3.63) is 67.0 Å². The van der Waals surface area contributed by atoms with Crippen LogP contribution in [0, 0.1) is 0 Å². The Labute approximate surface area is 188 Å². The lowest BCUT2D eigenvalue weighted by molar-refractivity contribution is -0.274. The molecule has 2 heterocycles. The smallest absolute Gasteiger partial charge is 0.406 e. The number of hydrogen-bond donors (Lipinski definition) is 1. The highest BCUT2D eigenvalue weighted by atomic mass is 32.2. The number of aromatic nitrogens is 2. The first kappa shape index (κ1) is 22.6. The molecule has 1 N–H and O–H groups in total. The number of sulfonamides is 1. The minimum Gasteiger partial charge on any atom is -0.406 e. The first-order valence-corrected chi connectivity index (χ1v) is 11.4. The third-order valence-corrected chi connectivity index (χ3v) is 6.34. The highest BCUT2D eigenvalue weighted by molar-refractivity contribution is 7.92. The van der Waals surface area contributed by atoms with Crippen molar-refractivity contribution in [1.82, 2.24) is 9.97 Å². The Morgan fingerprint density at radius 2 is 1.42 bits per heavy atom. The normalized spacial score (nSPS) is 14.8. The van der Waals surface area contributed by atoms with E-state index in [1.807, 2.05) is 23.1 Å². The van der Waals surface area contributed by atoms with Gasteiger partial charge in [0.15, 0.2) is 0 Å². The van der Waals surface area contributed by atoms with Gasteiger partial charge in [-0.15, -0.1) is 13.2 Å². The van der Waals surface area contributed by atoms with Gasteiger partial charge in [0.2, 0.25) is 5.95 Å². The van der Waals surface area contributed by atoms with Crippen molar-refractivity contribution in [2.45, 2.75) is 11.3 Å². The van der Waals surface area contributed by atoms with Gasteiger partial charge in [0.1, 0.15) is 5.75 Å². The largest absolute Gasteiger partial charge is 0.573 e. The molecular weight excluding hydrogens is 459 g/mol. The second-order valence-electron chi connectivity index (χ2n) is 7.21. The van der Waals surface area contributed by atoms with E-state index in [0.717, 1.165) is 43.0 Å². The fraction of sp³-hybridized carbons (Fsp3) is 0.238. The van der Waals surface area contributed by atoms with E-state index in [4.69, 9.17) is 0 Å². The Kier molecular flexibility index (Phi) is 6.27. The molecule has 8 nitrogen and oxygen atoms in total. The predicted molar refractivity (Wildman–Crippen MR) is 117 cm³/mol. The van der Waals surface area contributed by atoms with Gasteiger partial charge in [-0.25, -0.2) is 18.4 Å². The molecule has 33 heavy (non-hydrogen) atoms. The summed E-state index contributed by atoms with van der Waals surface area (Å²) in [6.07, 6.45) is -2.15. The number of nitrogens with one attached hydrogen (secondary N) is 1. The molecule has 0 unspecified atom stereocenters. The van der Waals surface area contributed by atoms with Crippen molar-refractivity contribution in [2.24, 2.45) is 0 Å². The summed E-state index contributed by atoms with van der Waals surface area (Å²) in [6, 6.07) is 14.0. The molecule has 1 saturated heterocycles. The van der Waals surface area contributed by atoms with Gasteiger partial charge in [0.25, 0.3) is 10.0 Å². The second-order valence-corrected chi connectivity index (χ2v) is 8.89. The molecule has 1 aliphatic rings. The quantitative estimate of drug-likeness (QED) is 0.579. The zero-order valence-electron chi connectivity index (χ0n) is 17.2. The van der Waals surface area contributed by atoms with Gasteiger partial charge < -0.3 is 14.5 Å². The van der Waals surface area contributed by atoms with E-state index in [9.17, 15) is 21.6 Å². The third-order valence-electron chi connectivity index (χ3n) is 4.94. The van der Waals surface area contributed by atoms with Crippen LogP contribution in [-0.2, 0) is 10.0 Å². The lowest BCUT2D eigenvalue weighted by Crippen LogP contribution is -2.47. The Bertz CT molecular complexity index is 1170. The van der Waals surface area contributed by atoms with E-state index in [1.54, 1.807) is 0 Å². The maximum absolute atomic E-state index is 12.5. The Hall–Kier alpha value is -3.54. The first-order valence-electron chi connectivity index (χ1n) is 9.95. The van der Waals surface area contributed by atoms with Crippen molar-refractivity contribution in [2.75, 3.05) is 40.7 Å². The summed E-state index contributed by atoms with van der Waals surface area (Å²) in [6.45, 7) is 3.03. The van der Waals surface area contributed by atoms with Crippen LogP contribution in [0.3, 0.4) is 0 Å². The number of para-hydroxylation sites is 1. The van der Waals surface area contributed by atoms with Crippen LogP contribution in [0.1, 0.15) is 0 Å². The molecular formula is C21H20F3N5O3S. The van der Waals surface area contributed by atoms with Crippen LogP contribution >= 0.6 is 0 Å². The van der Waals surface area contributed by atoms with Gasteiger partial charge in [-0.05, 0) is 36.4 Å². The van der Waals surface area contributed by atoms with Gasteiger partial charge in [0, 0.05) is 31.9 Å². The van der Waals surface area contributed by atoms with E-state index >= 15 is 0 Å². The van der Waals surface area contributed by atoms with E-state index in [2.05, 4.69) is 36.5 Å². The zero-order chi connectivity index (χ0) is 23.5. The number of anilines is 3. The highest BCUT2D eigenvalue weighted by Gasteiger charge is 2.31. The van der Waals surface area contributed by atoms with E-state index in [-0.39, 0.29) is 10.6 Å². The standard InChI is InChI=1S/C21H20F3N5O3S/c22-21(23,24)32-18-6-8-19(9-7-18)33(30,31)27-16-14-25-20(26-15-16)29-12-10-28(11-13-29)17-4-2-1-3-5-17/h1-9,14-15,27H,10-13H2.